The Kier molecular flexibility index (Phi) is 6.18. The molecule has 0 saturated carbocycles. The van der Waals surface area contributed by atoms with Crippen molar-refractivity contribution in [1.82, 2.24) is 4.90 Å². The van der Waals surface area contributed by atoms with Crippen molar-refractivity contribution >= 4 is 34.1 Å². The van der Waals surface area contributed by atoms with Gasteiger partial charge in [0.1, 0.15) is 17.2 Å². The Morgan fingerprint density at radius 1 is 1.00 bits per heavy atom. The van der Waals surface area contributed by atoms with E-state index in [0.29, 0.717) is 40.4 Å². The summed E-state index contributed by atoms with van der Waals surface area (Å²) in [5, 5.41) is 13.0. The average molecular weight is 488 g/mol. The van der Waals surface area contributed by atoms with Crippen LogP contribution in [0, 0.1) is 11.3 Å². The lowest BCUT2D eigenvalue weighted by Crippen LogP contribution is -2.47. The second kappa shape index (κ2) is 9.43. The Bertz CT molecular complexity index is 1380. The summed E-state index contributed by atoms with van der Waals surface area (Å²) in [4.78, 5) is 17.3. The molecule has 8 heteroatoms. The van der Waals surface area contributed by atoms with Gasteiger partial charge in [0.2, 0.25) is 5.91 Å². The van der Waals surface area contributed by atoms with Gasteiger partial charge in [-0.05, 0) is 29.0 Å². The van der Waals surface area contributed by atoms with E-state index in [1.807, 2.05) is 54.6 Å². The number of benzene rings is 3. The van der Waals surface area contributed by atoms with Crippen molar-refractivity contribution in [2.24, 2.45) is 0 Å². The second-order valence-corrected chi connectivity index (χ2v) is 9.24. The number of hydrogen-bond donors (Lipinski definition) is 0. The third kappa shape index (κ3) is 3.92. The summed E-state index contributed by atoms with van der Waals surface area (Å²) in [7, 11) is 4.85. The first-order chi connectivity index (χ1) is 17.1. The van der Waals surface area contributed by atoms with Gasteiger partial charge in [0.25, 0.3) is 0 Å². The lowest BCUT2D eigenvalue weighted by molar-refractivity contribution is -0.129. The molecule has 0 N–H and O–H groups in total. The van der Waals surface area contributed by atoms with Crippen LogP contribution >= 0.6 is 11.8 Å². The highest BCUT2D eigenvalue weighted by Crippen LogP contribution is 2.48. The zero-order chi connectivity index (χ0) is 24.5. The molecule has 3 aromatic rings. The standard InChI is InChI=1S/C27H25N3O4S/c1-32-18-9-10-22(24(12-18)34-3)29-15-30-25(31)13-20(21(14-28)27(30)35-16-29)26-19-7-5-4-6-17(19)8-11-23(26)33-2/h4-12,20H,13,15-16H2,1-3H3/t20-/m0/s1. The summed E-state index contributed by atoms with van der Waals surface area (Å²) >= 11 is 1.49. The van der Waals surface area contributed by atoms with E-state index in [9.17, 15) is 10.1 Å². The van der Waals surface area contributed by atoms with Gasteiger partial charge in [0.15, 0.2) is 0 Å². The highest BCUT2D eigenvalue weighted by molar-refractivity contribution is 8.03. The highest BCUT2D eigenvalue weighted by Gasteiger charge is 2.40. The fraction of sp³-hybridized carbons (Fsp3) is 0.259. The minimum Gasteiger partial charge on any atom is -0.497 e. The van der Waals surface area contributed by atoms with Gasteiger partial charge in [-0.25, -0.2) is 0 Å². The van der Waals surface area contributed by atoms with Gasteiger partial charge < -0.3 is 19.1 Å². The van der Waals surface area contributed by atoms with E-state index in [2.05, 4.69) is 11.0 Å². The summed E-state index contributed by atoms with van der Waals surface area (Å²) in [6.45, 7) is 0.342. The molecule has 0 aliphatic carbocycles. The summed E-state index contributed by atoms with van der Waals surface area (Å²) < 4.78 is 16.6. The largest absolute Gasteiger partial charge is 0.497 e. The van der Waals surface area contributed by atoms with Crippen LogP contribution in [0.15, 0.2) is 65.2 Å². The van der Waals surface area contributed by atoms with Crippen molar-refractivity contribution in [3.8, 4) is 23.3 Å². The van der Waals surface area contributed by atoms with Crippen molar-refractivity contribution in [2.75, 3.05) is 38.8 Å². The second-order valence-electron chi connectivity index (χ2n) is 8.30. The first kappa shape index (κ1) is 22.9. The molecular weight excluding hydrogens is 462 g/mol. The predicted octanol–water partition coefficient (Wildman–Crippen LogP) is 5.09. The third-order valence-electron chi connectivity index (χ3n) is 6.52. The minimum atomic E-state index is -0.366. The lowest BCUT2D eigenvalue weighted by atomic mass is 9.83. The van der Waals surface area contributed by atoms with Crippen LogP contribution in [0.5, 0.6) is 17.2 Å². The molecule has 5 rings (SSSR count). The number of carbonyl (C=O) groups is 1. The third-order valence-corrected chi connectivity index (χ3v) is 7.67. The normalized spacial score (nSPS) is 17.8. The molecule has 2 aliphatic rings. The molecule has 7 nitrogen and oxygen atoms in total. The van der Waals surface area contributed by atoms with E-state index in [1.54, 1.807) is 26.2 Å². The minimum absolute atomic E-state index is 0.0244. The molecule has 1 fully saturated rings. The number of amides is 1. The van der Waals surface area contributed by atoms with Crippen LogP contribution in [0.2, 0.25) is 0 Å². The van der Waals surface area contributed by atoms with Gasteiger partial charge >= 0.3 is 0 Å². The smallest absolute Gasteiger partial charge is 0.229 e. The molecule has 0 radical (unpaired) electrons. The Balaban J connectivity index is 1.55. The van der Waals surface area contributed by atoms with E-state index in [1.165, 1.54) is 11.8 Å². The number of nitriles is 1. The Morgan fingerprint density at radius 3 is 2.54 bits per heavy atom. The summed E-state index contributed by atoms with van der Waals surface area (Å²) in [6.07, 6.45) is 0.199. The van der Waals surface area contributed by atoms with Gasteiger partial charge in [-0.2, -0.15) is 5.26 Å². The summed E-state index contributed by atoms with van der Waals surface area (Å²) in [6, 6.07) is 20.0. The molecule has 178 valence electrons. The number of anilines is 1. The van der Waals surface area contributed by atoms with Crippen LogP contribution in [0.25, 0.3) is 10.8 Å². The monoisotopic (exact) mass is 487 g/mol. The van der Waals surface area contributed by atoms with Crippen LogP contribution in [0.3, 0.4) is 0 Å². The number of rotatable bonds is 5. The SMILES string of the molecule is COc1ccc(N2CSC3=C(C#N)[C@@H](c4c(OC)ccc5ccccc45)CC(=O)N3C2)c(OC)c1. The fourth-order valence-electron chi connectivity index (χ4n) is 4.82. The maximum Gasteiger partial charge on any atom is 0.229 e. The number of nitrogens with zero attached hydrogens (tertiary/aromatic N) is 3. The Labute approximate surface area is 208 Å². The number of methoxy groups -OCH3 is 3. The van der Waals surface area contributed by atoms with E-state index >= 15 is 0 Å². The number of carbonyl (C=O) groups excluding carboxylic acids is 1. The maximum atomic E-state index is 13.5. The quantitative estimate of drug-likeness (QED) is 0.496. The van der Waals surface area contributed by atoms with Crippen molar-refractivity contribution in [3.05, 3.63) is 70.8 Å². The molecule has 0 unspecified atom stereocenters. The predicted molar refractivity (Wildman–Crippen MR) is 137 cm³/mol. The van der Waals surface area contributed by atoms with E-state index in [0.717, 1.165) is 22.0 Å². The molecule has 3 aromatic carbocycles. The fourth-order valence-corrected chi connectivity index (χ4v) is 5.98. The summed E-state index contributed by atoms with van der Waals surface area (Å²) in [5.74, 6) is 2.24. The van der Waals surface area contributed by atoms with Crippen molar-refractivity contribution in [1.29, 1.82) is 5.26 Å². The molecule has 2 heterocycles. The van der Waals surface area contributed by atoms with Gasteiger partial charge in [-0.1, -0.05) is 42.1 Å². The molecule has 0 spiro atoms. The average Bonchev–Trinajstić information content (AvgIpc) is 2.91. The number of hydrogen-bond acceptors (Lipinski definition) is 7. The molecule has 2 aliphatic heterocycles. The topological polar surface area (TPSA) is 75.0 Å². The van der Waals surface area contributed by atoms with Gasteiger partial charge in [0, 0.05) is 24.0 Å². The van der Waals surface area contributed by atoms with E-state index in [-0.39, 0.29) is 18.2 Å². The van der Waals surface area contributed by atoms with Gasteiger partial charge in [-0.3, -0.25) is 9.69 Å². The zero-order valence-electron chi connectivity index (χ0n) is 19.8. The number of fused-ring (bicyclic) bond motifs is 2. The molecule has 0 aromatic heterocycles. The molecular formula is C27H25N3O4S. The Morgan fingerprint density at radius 2 is 1.80 bits per heavy atom. The number of thioether (sulfide) groups is 1. The van der Waals surface area contributed by atoms with Crippen LogP contribution in [-0.4, -0.2) is 44.7 Å². The van der Waals surface area contributed by atoms with E-state index < -0.39 is 0 Å². The van der Waals surface area contributed by atoms with E-state index in [4.69, 9.17) is 14.2 Å². The first-order valence-electron chi connectivity index (χ1n) is 11.2. The van der Waals surface area contributed by atoms with Crippen molar-refractivity contribution in [2.45, 2.75) is 12.3 Å². The molecule has 1 atom stereocenters. The van der Waals surface area contributed by atoms with Crippen LogP contribution in [0.1, 0.15) is 17.9 Å². The van der Waals surface area contributed by atoms with Crippen molar-refractivity contribution in [3.63, 3.8) is 0 Å². The molecule has 1 saturated heterocycles. The maximum absolute atomic E-state index is 13.5. The lowest BCUT2D eigenvalue weighted by Gasteiger charge is -2.42. The van der Waals surface area contributed by atoms with Gasteiger partial charge in [-0.15, -0.1) is 0 Å². The molecule has 1 amide bonds. The summed E-state index contributed by atoms with van der Waals surface area (Å²) in [5.41, 5.74) is 2.36. The molecule has 0 bridgehead atoms. The number of ether oxygens (including phenoxy) is 3. The highest BCUT2D eigenvalue weighted by atomic mass is 32.2. The van der Waals surface area contributed by atoms with Crippen molar-refractivity contribution < 1.29 is 19.0 Å². The first-order valence-corrected chi connectivity index (χ1v) is 12.2. The molecule has 35 heavy (non-hydrogen) atoms. The van der Waals surface area contributed by atoms with Crippen LogP contribution < -0.4 is 19.1 Å². The zero-order valence-corrected chi connectivity index (χ0v) is 20.6. The van der Waals surface area contributed by atoms with Gasteiger partial charge in [0.05, 0.1) is 56.2 Å². The Hall–Kier alpha value is -3.83. The van der Waals surface area contributed by atoms with Crippen LogP contribution in [-0.2, 0) is 4.79 Å². The number of allylic oxidation sites excluding steroid dienone is 1. The van der Waals surface area contributed by atoms with Crippen LogP contribution in [0.4, 0.5) is 5.69 Å².